The maximum absolute atomic E-state index is 13.9. The maximum atomic E-state index is 13.9. The van der Waals surface area contributed by atoms with Gasteiger partial charge in [-0.05, 0) is 24.3 Å². The van der Waals surface area contributed by atoms with Gasteiger partial charge in [0, 0.05) is 19.6 Å². The van der Waals surface area contributed by atoms with Crippen molar-refractivity contribution >= 4 is 5.91 Å². The molecular weight excluding hydrogens is 299 g/mol. The number of nitrogens with one attached hydrogen (secondary N) is 1. The van der Waals surface area contributed by atoms with Crippen LogP contribution in [0.15, 0.2) is 47.1 Å². The second-order valence-electron chi connectivity index (χ2n) is 5.44. The zero-order chi connectivity index (χ0) is 16.1. The number of carbonyl (C=O) groups excluding carboxylic acids is 1. The molecule has 2 heterocycles. The summed E-state index contributed by atoms with van der Waals surface area (Å²) in [5, 5.41) is 3.23. The summed E-state index contributed by atoms with van der Waals surface area (Å²) in [5.41, 5.74) is 0.0582. The molecule has 1 N–H and O–H groups in total. The molecule has 2 aromatic rings. The lowest BCUT2D eigenvalue weighted by Crippen LogP contribution is -2.46. The van der Waals surface area contributed by atoms with Crippen LogP contribution in [0.3, 0.4) is 0 Å². The van der Waals surface area contributed by atoms with E-state index in [1.807, 2.05) is 0 Å². The smallest absolute Gasteiger partial charge is 0.257 e. The first kappa shape index (κ1) is 15.7. The zero-order valence-corrected chi connectivity index (χ0v) is 12.7. The molecule has 0 saturated carbocycles. The van der Waals surface area contributed by atoms with Crippen molar-refractivity contribution < 1.29 is 18.3 Å². The van der Waals surface area contributed by atoms with Crippen LogP contribution < -0.4 is 5.32 Å². The van der Waals surface area contributed by atoms with E-state index in [4.69, 9.17) is 9.15 Å². The first-order chi connectivity index (χ1) is 11.2. The van der Waals surface area contributed by atoms with Gasteiger partial charge in [0.05, 0.1) is 31.1 Å². The molecule has 1 aromatic heterocycles. The average Bonchev–Trinajstić information content (AvgIpc) is 3.08. The highest BCUT2D eigenvalue weighted by Gasteiger charge is 2.24. The van der Waals surface area contributed by atoms with Crippen LogP contribution in [0.25, 0.3) is 0 Å². The summed E-state index contributed by atoms with van der Waals surface area (Å²) in [5.74, 6) is -0.239. The van der Waals surface area contributed by atoms with Gasteiger partial charge in [-0.25, -0.2) is 4.39 Å². The first-order valence-electron chi connectivity index (χ1n) is 7.62. The summed E-state index contributed by atoms with van der Waals surface area (Å²) in [7, 11) is 0. The zero-order valence-electron chi connectivity index (χ0n) is 12.7. The number of carbonyl (C=O) groups is 1. The van der Waals surface area contributed by atoms with Crippen molar-refractivity contribution in [2.75, 3.05) is 26.2 Å². The summed E-state index contributed by atoms with van der Waals surface area (Å²) in [6.45, 7) is 2.73. The Morgan fingerprint density at radius 2 is 2.17 bits per heavy atom. The van der Waals surface area contributed by atoms with Crippen molar-refractivity contribution in [2.24, 2.45) is 0 Å². The lowest BCUT2D eigenvalue weighted by Gasteiger charge is -2.30. The number of nitrogens with zero attached hydrogens (tertiary/aromatic N) is 1. The molecule has 5 nitrogen and oxygen atoms in total. The number of halogens is 1. The molecule has 1 amide bonds. The standard InChI is InChI=1S/C17H19FN2O3/c18-16-6-2-1-5-15(16)17(21)20(11-13-4-3-8-22-13)12-14-10-19-7-9-23-14/h1-6,8,14,19H,7,9-12H2. The molecule has 122 valence electrons. The van der Waals surface area contributed by atoms with Crippen LogP contribution in [0.4, 0.5) is 4.39 Å². The van der Waals surface area contributed by atoms with Gasteiger partial charge in [0.15, 0.2) is 0 Å². The predicted molar refractivity (Wildman–Crippen MR) is 82.5 cm³/mol. The summed E-state index contributed by atoms with van der Waals surface area (Å²) in [4.78, 5) is 14.3. The van der Waals surface area contributed by atoms with Gasteiger partial charge in [0.25, 0.3) is 5.91 Å². The summed E-state index contributed by atoms with van der Waals surface area (Å²) < 4.78 is 24.9. The SMILES string of the molecule is O=C(c1ccccc1F)N(Cc1ccco1)CC1CNCCO1. The number of furan rings is 1. The van der Waals surface area contributed by atoms with Crippen molar-refractivity contribution in [3.63, 3.8) is 0 Å². The van der Waals surface area contributed by atoms with Crippen molar-refractivity contribution in [3.8, 4) is 0 Å². The van der Waals surface area contributed by atoms with E-state index < -0.39 is 5.82 Å². The van der Waals surface area contributed by atoms with Gasteiger partial charge in [-0.2, -0.15) is 0 Å². The van der Waals surface area contributed by atoms with Crippen LogP contribution in [0.5, 0.6) is 0 Å². The van der Waals surface area contributed by atoms with Crippen molar-refractivity contribution in [2.45, 2.75) is 12.6 Å². The predicted octanol–water partition coefficient (Wildman–Crippen LogP) is 2.05. The average molecular weight is 318 g/mol. The molecular formula is C17H19FN2O3. The van der Waals surface area contributed by atoms with Crippen LogP contribution in [0.1, 0.15) is 16.1 Å². The second kappa shape index (κ2) is 7.39. The van der Waals surface area contributed by atoms with Crippen LogP contribution in [-0.2, 0) is 11.3 Å². The second-order valence-corrected chi connectivity index (χ2v) is 5.44. The van der Waals surface area contributed by atoms with Gasteiger partial charge < -0.3 is 19.4 Å². The summed E-state index contributed by atoms with van der Waals surface area (Å²) in [6.07, 6.45) is 1.44. The Balaban J connectivity index is 1.78. The van der Waals surface area contributed by atoms with E-state index in [1.165, 1.54) is 12.1 Å². The number of ether oxygens (including phenoxy) is 1. The van der Waals surface area contributed by atoms with E-state index in [2.05, 4.69) is 5.32 Å². The topological polar surface area (TPSA) is 54.7 Å². The molecule has 3 rings (SSSR count). The Hall–Kier alpha value is -2.18. The molecule has 1 aliphatic heterocycles. The Morgan fingerprint density at radius 1 is 1.30 bits per heavy atom. The molecule has 6 heteroatoms. The number of benzene rings is 1. The Bertz CT molecular complexity index is 639. The van der Waals surface area contributed by atoms with Crippen molar-refractivity contribution in [1.82, 2.24) is 10.2 Å². The quantitative estimate of drug-likeness (QED) is 0.917. The molecule has 1 saturated heterocycles. The van der Waals surface area contributed by atoms with Crippen LogP contribution >= 0.6 is 0 Å². The molecule has 1 aliphatic rings. The fraction of sp³-hybridized carbons (Fsp3) is 0.353. The molecule has 1 aromatic carbocycles. The van der Waals surface area contributed by atoms with E-state index in [0.29, 0.717) is 25.5 Å². The highest BCUT2D eigenvalue weighted by molar-refractivity contribution is 5.94. The Kier molecular flexibility index (Phi) is 5.05. The third-order valence-corrected chi connectivity index (χ3v) is 3.75. The molecule has 23 heavy (non-hydrogen) atoms. The van der Waals surface area contributed by atoms with E-state index >= 15 is 0 Å². The third-order valence-electron chi connectivity index (χ3n) is 3.75. The van der Waals surface area contributed by atoms with Gasteiger partial charge >= 0.3 is 0 Å². The molecule has 0 bridgehead atoms. The fourth-order valence-electron chi connectivity index (χ4n) is 2.60. The Morgan fingerprint density at radius 3 is 2.87 bits per heavy atom. The molecule has 1 atom stereocenters. The van der Waals surface area contributed by atoms with Gasteiger partial charge in [0.1, 0.15) is 11.6 Å². The van der Waals surface area contributed by atoms with Crippen LogP contribution in [0, 0.1) is 5.82 Å². The summed E-state index contributed by atoms with van der Waals surface area (Å²) >= 11 is 0. The lowest BCUT2D eigenvalue weighted by atomic mass is 10.1. The number of rotatable bonds is 5. The highest BCUT2D eigenvalue weighted by atomic mass is 19.1. The first-order valence-corrected chi connectivity index (χ1v) is 7.62. The lowest BCUT2D eigenvalue weighted by molar-refractivity contribution is 0.00400. The summed E-state index contributed by atoms with van der Waals surface area (Å²) in [6, 6.07) is 9.56. The monoisotopic (exact) mass is 318 g/mol. The fourth-order valence-corrected chi connectivity index (χ4v) is 2.60. The number of hydrogen-bond donors (Lipinski definition) is 1. The third kappa shape index (κ3) is 3.97. The maximum Gasteiger partial charge on any atom is 0.257 e. The minimum absolute atomic E-state index is 0.0582. The van der Waals surface area contributed by atoms with Crippen molar-refractivity contribution in [3.05, 3.63) is 59.8 Å². The van der Waals surface area contributed by atoms with Gasteiger partial charge in [-0.1, -0.05) is 12.1 Å². The normalized spacial score (nSPS) is 17.9. The number of morpholine rings is 1. The molecule has 0 radical (unpaired) electrons. The van der Waals surface area contributed by atoms with E-state index in [1.54, 1.807) is 35.4 Å². The van der Waals surface area contributed by atoms with Crippen LogP contribution in [-0.4, -0.2) is 43.2 Å². The van der Waals surface area contributed by atoms with Gasteiger partial charge in [0.2, 0.25) is 0 Å². The Labute approximate surface area is 134 Å². The van der Waals surface area contributed by atoms with E-state index in [0.717, 1.165) is 6.54 Å². The van der Waals surface area contributed by atoms with Crippen molar-refractivity contribution in [1.29, 1.82) is 0 Å². The van der Waals surface area contributed by atoms with Crippen LogP contribution in [0.2, 0.25) is 0 Å². The molecule has 1 fully saturated rings. The molecule has 0 aliphatic carbocycles. The minimum Gasteiger partial charge on any atom is -0.467 e. The largest absolute Gasteiger partial charge is 0.467 e. The minimum atomic E-state index is -0.523. The van der Waals surface area contributed by atoms with E-state index in [9.17, 15) is 9.18 Å². The number of hydrogen-bond acceptors (Lipinski definition) is 4. The van der Waals surface area contributed by atoms with Gasteiger partial charge in [-0.15, -0.1) is 0 Å². The molecule has 0 spiro atoms. The van der Waals surface area contributed by atoms with E-state index in [-0.39, 0.29) is 24.1 Å². The number of amides is 1. The highest BCUT2D eigenvalue weighted by Crippen LogP contribution is 2.15. The molecule has 1 unspecified atom stereocenters. The van der Waals surface area contributed by atoms with Gasteiger partial charge in [-0.3, -0.25) is 4.79 Å².